The van der Waals surface area contributed by atoms with Crippen LogP contribution in [0.5, 0.6) is 0 Å². The fraction of sp³-hybridized carbons (Fsp3) is 1.00. The Morgan fingerprint density at radius 3 is 1.43 bits per heavy atom. The smallest absolute Gasteiger partial charge is 0.351 e. The van der Waals surface area contributed by atoms with E-state index in [1.165, 1.54) is 0 Å². The molecule has 0 N–H and O–H groups in total. The molecule has 0 aromatic carbocycles. The molecule has 3 rings (SSSR count). The summed E-state index contributed by atoms with van der Waals surface area (Å²) in [7, 11) is -5.15. The second-order valence-corrected chi connectivity index (χ2v) is 22.3. The Labute approximate surface area is 174 Å². The Morgan fingerprint density at radius 2 is 1.00 bits per heavy atom. The van der Waals surface area contributed by atoms with Gasteiger partial charge in [0.15, 0.2) is 6.29 Å². The molecule has 5 nitrogen and oxygen atoms in total. The van der Waals surface area contributed by atoms with Gasteiger partial charge in [0.1, 0.15) is 18.3 Å². The van der Waals surface area contributed by atoms with Gasteiger partial charge in [-0.25, -0.2) is 0 Å². The summed E-state index contributed by atoms with van der Waals surface area (Å²) >= 11 is 0. The van der Waals surface area contributed by atoms with Gasteiger partial charge in [0.05, 0.1) is 6.61 Å². The summed E-state index contributed by atoms with van der Waals surface area (Å²) in [6, 6.07) is 0. The van der Waals surface area contributed by atoms with E-state index in [9.17, 15) is 0 Å². The van der Waals surface area contributed by atoms with E-state index in [0.29, 0.717) is 6.61 Å². The summed E-state index contributed by atoms with van der Waals surface area (Å²) in [5.74, 6) is 0. The molecule has 3 aliphatic rings. The van der Waals surface area contributed by atoms with Crippen molar-refractivity contribution in [3.8, 4) is 0 Å². The van der Waals surface area contributed by atoms with Gasteiger partial charge in [-0.05, 0) is 0 Å². The minimum absolute atomic E-state index is 0.0592. The number of fused-ring (bicyclic) bond motifs is 3. The molecule has 28 heavy (non-hydrogen) atoms. The Kier molecular flexibility index (Phi) is 5.21. The lowest BCUT2D eigenvalue weighted by Crippen LogP contribution is -2.66. The van der Waals surface area contributed by atoms with Gasteiger partial charge >= 0.3 is 17.1 Å². The molecule has 0 amide bonds. The zero-order valence-electron chi connectivity index (χ0n) is 20.1. The molecular formula is C21H42O5Si2. The fourth-order valence-corrected chi connectivity index (χ4v) is 15.6. The molecule has 0 saturated carbocycles. The fourth-order valence-electron chi connectivity index (χ4n) is 5.74. The van der Waals surface area contributed by atoms with E-state index in [1.54, 1.807) is 0 Å². The van der Waals surface area contributed by atoms with Crippen molar-refractivity contribution in [1.82, 2.24) is 0 Å². The van der Waals surface area contributed by atoms with E-state index >= 15 is 0 Å². The number of rotatable bonds is 0. The predicted octanol–water partition coefficient (Wildman–Crippen LogP) is 5.63. The zero-order chi connectivity index (χ0) is 21.6. The molecule has 3 aliphatic heterocycles. The highest BCUT2D eigenvalue weighted by molar-refractivity contribution is 6.74. The first-order chi connectivity index (χ1) is 12.4. The third-order valence-electron chi connectivity index (χ3n) is 6.55. The Bertz CT molecular complexity index is 580. The van der Waals surface area contributed by atoms with Crippen LogP contribution in [0.25, 0.3) is 0 Å². The van der Waals surface area contributed by atoms with E-state index in [0.717, 1.165) is 0 Å². The van der Waals surface area contributed by atoms with E-state index in [2.05, 4.69) is 83.1 Å². The molecule has 164 valence electrons. The highest BCUT2D eigenvalue weighted by atomic mass is 28.4. The molecule has 3 fully saturated rings. The molecular weight excluding hydrogens is 388 g/mol. The van der Waals surface area contributed by atoms with Gasteiger partial charge < -0.3 is 22.4 Å². The van der Waals surface area contributed by atoms with Gasteiger partial charge in [-0.1, -0.05) is 83.1 Å². The van der Waals surface area contributed by atoms with Crippen LogP contribution in [0.1, 0.15) is 83.1 Å². The molecule has 0 spiro atoms. The molecule has 0 aromatic rings. The maximum atomic E-state index is 6.97. The van der Waals surface area contributed by atoms with Gasteiger partial charge in [0.2, 0.25) is 0 Å². The van der Waals surface area contributed by atoms with Crippen molar-refractivity contribution in [1.29, 1.82) is 0 Å². The number of hydrogen-bond donors (Lipinski definition) is 0. The second kappa shape index (κ2) is 6.37. The minimum atomic E-state index is -2.58. The topological polar surface area (TPSA) is 46.2 Å². The van der Waals surface area contributed by atoms with Gasteiger partial charge in [-0.15, -0.1) is 0 Å². The molecule has 0 radical (unpaired) electrons. The Balaban J connectivity index is 1.96. The van der Waals surface area contributed by atoms with Crippen molar-refractivity contribution in [2.45, 2.75) is 128 Å². The van der Waals surface area contributed by atoms with Crippen LogP contribution < -0.4 is 0 Å². The molecule has 4 atom stereocenters. The first-order valence-electron chi connectivity index (χ1n) is 10.7. The largest absolute Gasteiger partial charge is 0.391 e. The third-order valence-corrected chi connectivity index (χ3v) is 16.8. The van der Waals surface area contributed by atoms with Crippen molar-refractivity contribution in [3.05, 3.63) is 0 Å². The number of hydrogen-bond acceptors (Lipinski definition) is 5. The summed E-state index contributed by atoms with van der Waals surface area (Å²) in [5.41, 5.74) is 0. The number of ether oxygens (including phenoxy) is 1. The summed E-state index contributed by atoms with van der Waals surface area (Å²) in [6.07, 6.45) is -0.765. The van der Waals surface area contributed by atoms with Crippen LogP contribution in [-0.2, 0) is 22.4 Å². The molecule has 7 heteroatoms. The van der Waals surface area contributed by atoms with E-state index in [4.69, 9.17) is 22.4 Å². The van der Waals surface area contributed by atoms with E-state index in [-0.39, 0.29) is 44.8 Å². The van der Waals surface area contributed by atoms with Crippen LogP contribution in [0.15, 0.2) is 0 Å². The zero-order valence-corrected chi connectivity index (χ0v) is 22.1. The van der Waals surface area contributed by atoms with Crippen molar-refractivity contribution >= 4 is 17.1 Å². The van der Waals surface area contributed by atoms with Crippen molar-refractivity contribution < 1.29 is 22.4 Å². The maximum absolute atomic E-state index is 6.97. The lowest BCUT2D eigenvalue weighted by Gasteiger charge is -2.54. The summed E-state index contributed by atoms with van der Waals surface area (Å²) in [4.78, 5) is 0. The molecule has 0 unspecified atom stereocenters. The minimum Gasteiger partial charge on any atom is -0.391 e. The van der Waals surface area contributed by atoms with E-state index < -0.39 is 17.1 Å². The summed E-state index contributed by atoms with van der Waals surface area (Å²) < 4.78 is 33.5. The summed E-state index contributed by atoms with van der Waals surface area (Å²) in [5, 5.41) is -0.253. The van der Waals surface area contributed by atoms with Gasteiger partial charge in [0, 0.05) is 20.2 Å². The van der Waals surface area contributed by atoms with E-state index in [1.807, 2.05) is 0 Å². The van der Waals surface area contributed by atoms with Gasteiger partial charge in [0.25, 0.3) is 0 Å². The van der Waals surface area contributed by atoms with Gasteiger partial charge in [-0.3, -0.25) is 0 Å². The highest BCUT2D eigenvalue weighted by Crippen LogP contribution is 2.60. The van der Waals surface area contributed by atoms with Crippen molar-refractivity contribution in [2.75, 3.05) is 6.61 Å². The molecule has 0 aromatic heterocycles. The van der Waals surface area contributed by atoms with Crippen LogP contribution >= 0.6 is 0 Å². The first kappa shape index (κ1) is 22.9. The average Bonchev–Trinajstić information content (AvgIpc) is 2.98. The standard InChI is InChI=1S/C21H42O5Si2/c1-18(2,3)27(19(4,5)6)22-13-14-15(24-27)16-17(23-14)26-28(25-16,20(7,8)9)21(10,11)12/h14-17H,13H2,1-12H3/t14-,15-,16+,17+/m1/s1. The average molecular weight is 431 g/mol. The van der Waals surface area contributed by atoms with Crippen LogP contribution in [0.4, 0.5) is 0 Å². The van der Waals surface area contributed by atoms with Crippen molar-refractivity contribution in [3.63, 3.8) is 0 Å². The third kappa shape index (κ3) is 3.11. The van der Waals surface area contributed by atoms with Crippen LogP contribution in [0.2, 0.25) is 20.2 Å². The van der Waals surface area contributed by atoms with Crippen molar-refractivity contribution in [2.24, 2.45) is 0 Å². The molecule has 0 aliphatic carbocycles. The predicted molar refractivity (Wildman–Crippen MR) is 116 cm³/mol. The SMILES string of the molecule is CC(C)(C)[Si]1(C(C)(C)C)O[C@@H]2O[C@@H]3CO[Si](C(C)(C)C)(C(C)(C)C)O[C@H]3[C@@H]2O1. The maximum Gasteiger partial charge on any atom is 0.351 e. The Morgan fingerprint density at radius 1 is 0.571 bits per heavy atom. The normalized spacial score (nSPS) is 35.6. The van der Waals surface area contributed by atoms with Crippen LogP contribution in [0.3, 0.4) is 0 Å². The second-order valence-electron chi connectivity index (χ2n) is 12.9. The first-order valence-corrected chi connectivity index (χ1v) is 14.3. The highest BCUT2D eigenvalue weighted by Gasteiger charge is 2.72. The summed E-state index contributed by atoms with van der Waals surface area (Å²) in [6.45, 7) is 27.4. The monoisotopic (exact) mass is 430 g/mol. The van der Waals surface area contributed by atoms with Gasteiger partial charge in [-0.2, -0.15) is 0 Å². The Hall–Kier alpha value is 0.234. The molecule has 0 bridgehead atoms. The van der Waals surface area contributed by atoms with Crippen LogP contribution in [0, 0.1) is 0 Å². The van der Waals surface area contributed by atoms with Crippen LogP contribution in [-0.4, -0.2) is 48.3 Å². The lowest BCUT2D eigenvalue weighted by atomic mass is 10.1. The molecule has 3 saturated heterocycles. The molecule has 3 heterocycles. The quantitative estimate of drug-likeness (QED) is 0.466. The lowest BCUT2D eigenvalue weighted by molar-refractivity contribution is -0.114.